The van der Waals surface area contributed by atoms with E-state index in [2.05, 4.69) is 20.9 Å². The molecule has 0 unspecified atom stereocenters. The highest BCUT2D eigenvalue weighted by atomic mass is 79.9. The van der Waals surface area contributed by atoms with Crippen molar-refractivity contribution in [2.24, 2.45) is 4.99 Å². The van der Waals surface area contributed by atoms with Crippen LogP contribution < -0.4 is 0 Å². The van der Waals surface area contributed by atoms with Crippen molar-refractivity contribution < 1.29 is 0 Å². The first kappa shape index (κ1) is 13.4. The van der Waals surface area contributed by atoms with Gasteiger partial charge in [-0.2, -0.15) is 0 Å². The molecule has 17 heavy (non-hydrogen) atoms. The van der Waals surface area contributed by atoms with Gasteiger partial charge in [-0.15, -0.1) is 11.3 Å². The summed E-state index contributed by atoms with van der Waals surface area (Å²) in [5, 5.41) is 1.34. The maximum atomic E-state index is 6.01. The Morgan fingerprint density at radius 1 is 1.06 bits per heavy atom. The Hall–Kier alpha value is -0.0600. The minimum absolute atomic E-state index is 0.425. The smallest absolute Gasteiger partial charge is 0.0832 e. The van der Waals surface area contributed by atoms with Crippen molar-refractivity contribution >= 4 is 74.0 Å². The molecule has 6 heteroatoms. The van der Waals surface area contributed by atoms with E-state index in [1.165, 1.54) is 0 Å². The molecule has 0 saturated heterocycles. The minimum Gasteiger partial charge on any atom is -0.254 e. The average molecular weight is 369 g/mol. The molecule has 0 bridgehead atoms. The lowest BCUT2D eigenvalue weighted by atomic mass is 10.3. The molecule has 88 valence electrons. The van der Waals surface area contributed by atoms with Crippen LogP contribution in [0.15, 0.2) is 33.0 Å². The van der Waals surface area contributed by atoms with Crippen LogP contribution in [-0.2, 0) is 0 Å². The van der Waals surface area contributed by atoms with Gasteiger partial charge in [0.2, 0.25) is 0 Å². The Bertz CT molecular complexity index is 580. The van der Waals surface area contributed by atoms with Crippen LogP contribution in [0.3, 0.4) is 0 Å². The van der Waals surface area contributed by atoms with Crippen LogP contribution in [0.4, 0.5) is 5.69 Å². The predicted octanol–water partition coefficient (Wildman–Crippen LogP) is 6.22. The van der Waals surface area contributed by atoms with E-state index >= 15 is 0 Å². The number of hydrogen-bond acceptors (Lipinski definition) is 2. The number of hydrogen-bond donors (Lipinski definition) is 0. The SMILES string of the molecule is Clc1cc(Cl)c(N=Cc2ccc(Br)s2)cc1Cl. The first-order valence-corrected chi connectivity index (χ1v) is 7.24. The van der Waals surface area contributed by atoms with E-state index in [1.807, 2.05) is 12.1 Å². The molecule has 0 aliphatic carbocycles. The van der Waals surface area contributed by atoms with E-state index in [4.69, 9.17) is 34.8 Å². The van der Waals surface area contributed by atoms with E-state index in [-0.39, 0.29) is 0 Å². The fourth-order valence-corrected chi connectivity index (χ4v) is 3.03. The standard InChI is InChI=1S/C11H5BrCl3NS/c12-11-2-1-6(17-11)5-16-10-4-8(14)7(13)3-9(10)15/h1-5H. The van der Waals surface area contributed by atoms with E-state index in [1.54, 1.807) is 29.7 Å². The van der Waals surface area contributed by atoms with Crippen LogP contribution in [-0.4, -0.2) is 6.21 Å². The Balaban J connectivity index is 2.30. The molecule has 0 amide bonds. The second-order valence-corrected chi connectivity index (χ2v) is 6.83. The molecule has 1 heterocycles. The van der Waals surface area contributed by atoms with Crippen LogP contribution in [0.25, 0.3) is 0 Å². The zero-order chi connectivity index (χ0) is 12.4. The second kappa shape index (κ2) is 5.72. The molecule has 2 rings (SSSR count). The molecule has 1 aromatic heterocycles. The fraction of sp³-hybridized carbons (Fsp3) is 0. The summed E-state index contributed by atoms with van der Waals surface area (Å²) in [5.74, 6) is 0. The van der Waals surface area contributed by atoms with E-state index in [9.17, 15) is 0 Å². The van der Waals surface area contributed by atoms with Gasteiger partial charge in [0.05, 0.1) is 24.5 Å². The van der Waals surface area contributed by atoms with Gasteiger partial charge in [0, 0.05) is 11.1 Å². The number of halogens is 4. The van der Waals surface area contributed by atoms with Gasteiger partial charge in [0.25, 0.3) is 0 Å². The molecule has 1 nitrogen and oxygen atoms in total. The molecule has 0 atom stereocenters. The van der Waals surface area contributed by atoms with Gasteiger partial charge >= 0.3 is 0 Å². The van der Waals surface area contributed by atoms with Crippen molar-refractivity contribution in [1.82, 2.24) is 0 Å². The molecule has 0 spiro atoms. The summed E-state index contributed by atoms with van der Waals surface area (Å²) in [5.41, 5.74) is 0.602. The minimum atomic E-state index is 0.425. The largest absolute Gasteiger partial charge is 0.254 e. The quantitative estimate of drug-likeness (QED) is 0.440. The maximum absolute atomic E-state index is 6.01. The van der Waals surface area contributed by atoms with E-state index < -0.39 is 0 Å². The summed E-state index contributed by atoms with van der Waals surface area (Å²) in [7, 11) is 0. The van der Waals surface area contributed by atoms with Crippen LogP contribution in [0, 0.1) is 0 Å². The molecule has 0 aliphatic rings. The molecule has 2 aromatic rings. The highest BCUT2D eigenvalue weighted by molar-refractivity contribution is 9.11. The monoisotopic (exact) mass is 367 g/mol. The first-order valence-electron chi connectivity index (χ1n) is 4.50. The van der Waals surface area contributed by atoms with Crippen LogP contribution in [0.1, 0.15) is 4.88 Å². The van der Waals surface area contributed by atoms with Crippen molar-refractivity contribution in [1.29, 1.82) is 0 Å². The van der Waals surface area contributed by atoms with Gasteiger partial charge in [0.1, 0.15) is 0 Å². The number of aliphatic imine (C=N–C) groups is 1. The highest BCUT2D eigenvalue weighted by Crippen LogP contribution is 2.34. The van der Waals surface area contributed by atoms with Gasteiger partial charge in [-0.25, -0.2) is 0 Å². The molecular weight excluding hydrogens is 364 g/mol. The third kappa shape index (κ3) is 3.46. The molecule has 0 radical (unpaired) electrons. The topological polar surface area (TPSA) is 12.4 Å². The Labute approximate surface area is 126 Å². The van der Waals surface area contributed by atoms with Crippen molar-refractivity contribution in [2.75, 3.05) is 0 Å². The van der Waals surface area contributed by atoms with Crippen LogP contribution in [0.5, 0.6) is 0 Å². The summed E-state index contributed by atoms with van der Waals surface area (Å²) >= 11 is 22.7. The zero-order valence-corrected chi connectivity index (χ0v) is 12.9. The first-order chi connectivity index (χ1) is 8.06. The molecule has 0 saturated carbocycles. The molecule has 0 aliphatic heterocycles. The van der Waals surface area contributed by atoms with Gasteiger partial charge in [-0.05, 0) is 40.2 Å². The number of thiophene rings is 1. The summed E-state index contributed by atoms with van der Waals surface area (Å²) < 4.78 is 1.05. The zero-order valence-electron chi connectivity index (χ0n) is 8.25. The second-order valence-electron chi connectivity index (χ2n) is 3.12. The average Bonchev–Trinajstić information content (AvgIpc) is 2.68. The van der Waals surface area contributed by atoms with Gasteiger partial charge in [0.15, 0.2) is 0 Å². The third-order valence-corrected chi connectivity index (χ3v) is 4.50. The lowest BCUT2D eigenvalue weighted by Crippen LogP contribution is -1.75. The number of rotatable bonds is 2. The number of benzene rings is 1. The van der Waals surface area contributed by atoms with Gasteiger partial charge in [-0.1, -0.05) is 34.8 Å². The number of nitrogens with zero attached hydrogens (tertiary/aromatic N) is 1. The highest BCUT2D eigenvalue weighted by Gasteiger charge is 2.04. The van der Waals surface area contributed by atoms with Crippen molar-refractivity contribution in [3.05, 3.63) is 48.0 Å². The Morgan fingerprint density at radius 2 is 1.76 bits per heavy atom. The maximum Gasteiger partial charge on any atom is 0.0832 e. The van der Waals surface area contributed by atoms with Gasteiger partial charge < -0.3 is 0 Å². The van der Waals surface area contributed by atoms with E-state index in [0.29, 0.717) is 20.8 Å². The summed E-state index contributed by atoms with van der Waals surface area (Å²) in [6.45, 7) is 0. The molecular formula is C11H5BrCl3NS. The Morgan fingerprint density at radius 3 is 2.41 bits per heavy atom. The summed E-state index contributed by atoms with van der Waals surface area (Å²) in [6.07, 6.45) is 1.74. The normalized spacial score (nSPS) is 11.3. The van der Waals surface area contributed by atoms with Crippen molar-refractivity contribution in [3.8, 4) is 0 Å². The van der Waals surface area contributed by atoms with Crippen LogP contribution >= 0.6 is 62.1 Å². The molecule has 0 N–H and O–H groups in total. The van der Waals surface area contributed by atoms with Crippen molar-refractivity contribution in [2.45, 2.75) is 0 Å². The van der Waals surface area contributed by atoms with Gasteiger partial charge in [-0.3, -0.25) is 4.99 Å². The summed E-state index contributed by atoms with van der Waals surface area (Å²) in [4.78, 5) is 5.31. The lowest BCUT2D eigenvalue weighted by molar-refractivity contribution is 1.54. The third-order valence-electron chi connectivity index (χ3n) is 1.91. The fourth-order valence-electron chi connectivity index (χ4n) is 1.14. The molecule has 1 aromatic carbocycles. The Kier molecular flexibility index (Phi) is 4.50. The predicted molar refractivity (Wildman–Crippen MR) is 80.7 cm³/mol. The summed E-state index contributed by atoms with van der Waals surface area (Å²) in [6, 6.07) is 7.15. The van der Waals surface area contributed by atoms with E-state index in [0.717, 1.165) is 8.66 Å². The molecule has 0 fully saturated rings. The van der Waals surface area contributed by atoms with Crippen molar-refractivity contribution in [3.63, 3.8) is 0 Å². The lowest BCUT2D eigenvalue weighted by Gasteiger charge is -2.00. The van der Waals surface area contributed by atoms with Crippen LogP contribution in [0.2, 0.25) is 15.1 Å².